The topological polar surface area (TPSA) is 67.4 Å². The van der Waals surface area contributed by atoms with Crippen molar-refractivity contribution in [3.05, 3.63) is 50.6 Å². The van der Waals surface area contributed by atoms with Crippen molar-refractivity contribution in [3.63, 3.8) is 0 Å². The number of benzene rings is 1. The molecule has 1 aromatic carbocycles. The number of rotatable bonds is 5. The molecule has 0 aliphatic rings. The van der Waals surface area contributed by atoms with Crippen molar-refractivity contribution in [1.29, 1.82) is 0 Å². The summed E-state index contributed by atoms with van der Waals surface area (Å²) in [5, 5.41) is 0. The fraction of sp³-hybridized carbons (Fsp3) is 0.294. The third kappa shape index (κ3) is 5.07. The third-order valence-corrected chi connectivity index (χ3v) is 4.93. The first kappa shape index (κ1) is 18.5. The summed E-state index contributed by atoms with van der Waals surface area (Å²) in [6.07, 6.45) is -0.734. The molecule has 2 aromatic rings. The fourth-order valence-corrected chi connectivity index (χ4v) is 3.20. The molecule has 1 aromatic heterocycles. The molecule has 7 heteroatoms. The molecule has 128 valence electrons. The van der Waals surface area contributed by atoms with Crippen LogP contribution in [0.15, 0.2) is 40.2 Å². The zero-order valence-corrected chi connectivity index (χ0v) is 16.0. The van der Waals surface area contributed by atoms with E-state index in [1.165, 1.54) is 11.3 Å². The number of carbonyl (C=O) groups excluding carboxylic acids is 2. The highest BCUT2D eigenvalue weighted by molar-refractivity contribution is 9.11. The number of amides is 2. The van der Waals surface area contributed by atoms with Gasteiger partial charge in [-0.1, -0.05) is 26.0 Å². The zero-order valence-electron chi connectivity index (χ0n) is 13.6. The van der Waals surface area contributed by atoms with Gasteiger partial charge in [0, 0.05) is 0 Å². The lowest BCUT2D eigenvalue weighted by Gasteiger charge is -2.16. The Morgan fingerprint density at radius 1 is 1.12 bits per heavy atom. The van der Waals surface area contributed by atoms with Crippen LogP contribution in [0.2, 0.25) is 0 Å². The van der Waals surface area contributed by atoms with Crippen LogP contribution in [0.5, 0.6) is 5.75 Å². The molecule has 2 amide bonds. The summed E-state index contributed by atoms with van der Waals surface area (Å²) in [5.74, 6) is 0.210. The summed E-state index contributed by atoms with van der Waals surface area (Å²) < 4.78 is 6.49. The van der Waals surface area contributed by atoms with Crippen LogP contribution >= 0.6 is 27.3 Å². The first-order valence-corrected chi connectivity index (χ1v) is 9.10. The predicted molar refractivity (Wildman–Crippen MR) is 98.2 cm³/mol. The first-order valence-electron chi connectivity index (χ1n) is 7.49. The molecule has 0 radical (unpaired) electrons. The van der Waals surface area contributed by atoms with Crippen molar-refractivity contribution in [3.8, 4) is 5.75 Å². The van der Waals surface area contributed by atoms with Gasteiger partial charge in [-0.05, 0) is 58.6 Å². The molecule has 0 bridgehead atoms. The summed E-state index contributed by atoms with van der Waals surface area (Å²) in [4.78, 5) is 24.4. The monoisotopic (exact) mass is 410 g/mol. The normalized spacial score (nSPS) is 11.9. The molecular formula is C17H19BrN2O3S. The van der Waals surface area contributed by atoms with E-state index < -0.39 is 12.0 Å². The highest BCUT2D eigenvalue weighted by Crippen LogP contribution is 2.22. The van der Waals surface area contributed by atoms with Crippen LogP contribution in [-0.2, 0) is 4.79 Å². The van der Waals surface area contributed by atoms with Crippen molar-refractivity contribution >= 4 is 39.1 Å². The van der Waals surface area contributed by atoms with E-state index in [0.29, 0.717) is 16.5 Å². The summed E-state index contributed by atoms with van der Waals surface area (Å²) in [5.41, 5.74) is 5.89. The standard InChI is InChI=1S/C17H19BrN2O3S/c1-10(2)12-5-4-6-13(9-12)23-11(3)16(21)19-20-17(22)14-7-8-15(18)24-14/h4-11H,1-3H3,(H,19,21)(H,20,22). The van der Waals surface area contributed by atoms with E-state index in [4.69, 9.17) is 4.74 Å². The number of thiophene rings is 1. The maximum Gasteiger partial charge on any atom is 0.279 e. The lowest BCUT2D eigenvalue weighted by molar-refractivity contribution is -0.128. The van der Waals surface area contributed by atoms with Gasteiger partial charge < -0.3 is 4.74 Å². The van der Waals surface area contributed by atoms with Gasteiger partial charge in [-0.3, -0.25) is 20.4 Å². The van der Waals surface area contributed by atoms with Gasteiger partial charge in [0.1, 0.15) is 5.75 Å². The smallest absolute Gasteiger partial charge is 0.279 e. The Bertz CT molecular complexity index is 730. The molecule has 2 N–H and O–H groups in total. The molecule has 0 saturated heterocycles. The molecule has 0 aliphatic heterocycles. The Balaban J connectivity index is 1.88. The summed E-state index contributed by atoms with van der Waals surface area (Å²) >= 11 is 4.57. The SMILES string of the molecule is CC(Oc1cccc(C(C)C)c1)C(=O)NNC(=O)c1ccc(Br)s1. The van der Waals surface area contributed by atoms with Crippen LogP contribution in [0, 0.1) is 0 Å². The van der Waals surface area contributed by atoms with Crippen LogP contribution < -0.4 is 15.6 Å². The van der Waals surface area contributed by atoms with Crippen LogP contribution in [-0.4, -0.2) is 17.9 Å². The first-order chi connectivity index (χ1) is 11.4. The quantitative estimate of drug-likeness (QED) is 0.735. The van der Waals surface area contributed by atoms with E-state index in [-0.39, 0.29) is 5.91 Å². The second-order valence-electron chi connectivity index (χ2n) is 5.53. The largest absolute Gasteiger partial charge is 0.481 e. The Kier molecular flexibility index (Phi) is 6.39. The average Bonchev–Trinajstić information content (AvgIpc) is 2.99. The van der Waals surface area contributed by atoms with Crippen molar-refractivity contribution in [2.24, 2.45) is 0 Å². The number of hydrogen-bond donors (Lipinski definition) is 2. The van der Waals surface area contributed by atoms with Crippen molar-refractivity contribution < 1.29 is 14.3 Å². The van der Waals surface area contributed by atoms with Gasteiger partial charge in [0.05, 0.1) is 8.66 Å². The minimum Gasteiger partial charge on any atom is -0.481 e. The van der Waals surface area contributed by atoms with E-state index in [2.05, 4.69) is 40.6 Å². The second kappa shape index (κ2) is 8.30. The molecule has 0 saturated carbocycles. The van der Waals surface area contributed by atoms with Gasteiger partial charge >= 0.3 is 0 Å². The number of halogens is 1. The van der Waals surface area contributed by atoms with Crippen LogP contribution in [0.25, 0.3) is 0 Å². The molecule has 1 heterocycles. The van der Waals surface area contributed by atoms with E-state index in [1.54, 1.807) is 25.1 Å². The molecule has 2 rings (SSSR count). The maximum atomic E-state index is 12.1. The second-order valence-corrected chi connectivity index (χ2v) is 8.00. The zero-order chi connectivity index (χ0) is 17.7. The lowest BCUT2D eigenvalue weighted by atomic mass is 10.0. The highest BCUT2D eigenvalue weighted by atomic mass is 79.9. The molecule has 1 atom stereocenters. The Hall–Kier alpha value is -1.86. The van der Waals surface area contributed by atoms with E-state index in [0.717, 1.165) is 9.35 Å². The van der Waals surface area contributed by atoms with Gasteiger partial charge in [-0.25, -0.2) is 0 Å². The molecule has 1 unspecified atom stereocenters. The third-order valence-electron chi connectivity index (χ3n) is 3.30. The number of hydrazine groups is 1. The summed E-state index contributed by atoms with van der Waals surface area (Å²) in [6, 6.07) is 11.1. The predicted octanol–water partition coefficient (Wildman–Crippen LogP) is 3.86. The minimum atomic E-state index is -0.734. The number of ether oxygens (including phenoxy) is 1. The van der Waals surface area contributed by atoms with Crippen LogP contribution in [0.4, 0.5) is 0 Å². The van der Waals surface area contributed by atoms with Gasteiger partial charge in [0.2, 0.25) is 0 Å². The van der Waals surface area contributed by atoms with Gasteiger partial charge in [0.15, 0.2) is 6.10 Å². The molecule has 0 spiro atoms. The van der Waals surface area contributed by atoms with Gasteiger partial charge in [-0.15, -0.1) is 11.3 Å². The molecule has 24 heavy (non-hydrogen) atoms. The Labute approximate surface area is 153 Å². The highest BCUT2D eigenvalue weighted by Gasteiger charge is 2.17. The molecule has 0 aliphatic carbocycles. The van der Waals surface area contributed by atoms with Crippen molar-refractivity contribution in [2.45, 2.75) is 32.8 Å². The lowest BCUT2D eigenvalue weighted by Crippen LogP contribution is -2.47. The van der Waals surface area contributed by atoms with Crippen LogP contribution in [0.1, 0.15) is 41.9 Å². The molecule has 0 fully saturated rings. The molecular weight excluding hydrogens is 392 g/mol. The average molecular weight is 411 g/mol. The van der Waals surface area contributed by atoms with Gasteiger partial charge in [0.25, 0.3) is 11.8 Å². The van der Waals surface area contributed by atoms with Crippen molar-refractivity contribution in [2.75, 3.05) is 0 Å². The molecule has 5 nitrogen and oxygen atoms in total. The van der Waals surface area contributed by atoms with Crippen LogP contribution in [0.3, 0.4) is 0 Å². The van der Waals surface area contributed by atoms with E-state index >= 15 is 0 Å². The van der Waals surface area contributed by atoms with E-state index in [9.17, 15) is 9.59 Å². The number of hydrogen-bond acceptors (Lipinski definition) is 4. The summed E-state index contributed by atoms with van der Waals surface area (Å²) in [7, 11) is 0. The Morgan fingerprint density at radius 3 is 2.50 bits per heavy atom. The number of carbonyl (C=O) groups is 2. The fourth-order valence-electron chi connectivity index (χ4n) is 1.92. The minimum absolute atomic E-state index is 0.368. The number of nitrogens with one attached hydrogen (secondary N) is 2. The Morgan fingerprint density at radius 2 is 1.88 bits per heavy atom. The summed E-state index contributed by atoms with van der Waals surface area (Å²) in [6.45, 7) is 5.81. The van der Waals surface area contributed by atoms with E-state index in [1.807, 2.05) is 18.2 Å². The van der Waals surface area contributed by atoms with Gasteiger partial charge in [-0.2, -0.15) is 0 Å². The van der Waals surface area contributed by atoms with Crippen molar-refractivity contribution in [1.82, 2.24) is 10.9 Å². The maximum absolute atomic E-state index is 12.1.